The zero-order valence-corrected chi connectivity index (χ0v) is 16.4. The van der Waals surface area contributed by atoms with Crippen LogP contribution in [0.15, 0.2) is 48.5 Å². The van der Waals surface area contributed by atoms with Gasteiger partial charge in [0.15, 0.2) is 5.82 Å². The minimum atomic E-state index is -0.250. The number of nitrogens with zero attached hydrogens (tertiary/aromatic N) is 1. The van der Waals surface area contributed by atoms with E-state index in [-0.39, 0.29) is 24.9 Å². The Kier molecular flexibility index (Phi) is 6.80. The Balaban J connectivity index is 1.33. The van der Waals surface area contributed by atoms with Gasteiger partial charge in [0.25, 0.3) is 0 Å². The van der Waals surface area contributed by atoms with Gasteiger partial charge in [-0.1, -0.05) is 43.3 Å². The highest BCUT2D eigenvalue weighted by Gasteiger charge is 2.08. The topological polar surface area (TPSA) is 125 Å². The van der Waals surface area contributed by atoms with Crippen LogP contribution in [-0.2, 0) is 16.1 Å². The number of anilines is 1. The molecule has 0 aliphatic heterocycles. The molecule has 0 spiro atoms. The monoisotopic (exact) mass is 394 g/mol. The summed E-state index contributed by atoms with van der Waals surface area (Å²) < 4.78 is 0. The van der Waals surface area contributed by atoms with Crippen molar-refractivity contribution >= 4 is 28.5 Å². The van der Waals surface area contributed by atoms with Gasteiger partial charge >= 0.3 is 0 Å². The molecule has 1 atom stereocenters. The Labute approximate surface area is 169 Å². The summed E-state index contributed by atoms with van der Waals surface area (Å²) in [6, 6.07) is 15.7. The number of aromatic amines is 1. The number of nitrogen functional groups attached to an aromatic ring is 1. The maximum absolute atomic E-state index is 12.0. The van der Waals surface area contributed by atoms with E-state index in [9.17, 15) is 9.59 Å². The summed E-state index contributed by atoms with van der Waals surface area (Å²) in [4.78, 5) is 23.9. The Morgan fingerprint density at radius 2 is 1.83 bits per heavy atom. The van der Waals surface area contributed by atoms with Gasteiger partial charge in [0.2, 0.25) is 11.8 Å². The van der Waals surface area contributed by atoms with Crippen molar-refractivity contribution in [3.8, 4) is 0 Å². The molecule has 0 radical (unpaired) electrons. The molecule has 2 amide bonds. The fourth-order valence-corrected chi connectivity index (χ4v) is 3.00. The van der Waals surface area contributed by atoms with Crippen molar-refractivity contribution in [2.45, 2.75) is 19.4 Å². The van der Waals surface area contributed by atoms with E-state index >= 15 is 0 Å². The molecule has 0 fully saturated rings. The van der Waals surface area contributed by atoms with Crippen LogP contribution >= 0.6 is 0 Å². The first-order valence-electron chi connectivity index (χ1n) is 9.54. The molecule has 0 aliphatic carbocycles. The molecule has 3 aromatic rings. The second-order valence-electron chi connectivity index (χ2n) is 6.98. The average Bonchev–Trinajstić information content (AvgIpc) is 3.11. The van der Waals surface area contributed by atoms with Gasteiger partial charge in [-0.05, 0) is 29.2 Å². The summed E-state index contributed by atoms with van der Waals surface area (Å²) in [6.45, 7) is 3.25. The third-order valence-electron chi connectivity index (χ3n) is 4.70. The molecular formula is C21H26N6O2. The van der Waals surface area contributed by atoms with E-state index in [4.69, 9.17) is 5.73 Å². The molecule has 0 saturated heterocycles. The number of nitrogens with one attached hydrogen (secondary N) is 4. The number of hydrogen-bond donors (Lipinski definition) is 5. The number of aromatic nitrogens is 2. The number of benzene rings is 2. The number of amides is 2. The zero-order valence-electron chi connectivity index (χ0n) is 16.4. The quantitative estimate of drug-likeness (QED) is 0.374. The molecule has 152 valence electrons. The molecule has 8 heteroatoms. The van der Waals surface area contributed by atoms with Crippen molar-refractivity contribution in [2.24, 2.45) is 0 Å². The van der Waals surface area contributed by atoms with Crippen LogP contribution < -0.4 is 21.7 Å². The SMILES string of the molecule is CC(CNCC(=O)NCC(=O)NCc1ccc2c(N)n[nH]c2c1)c1ccccc1. The Bertz CT molecular complexity index is 970. The van der Waals surface area contributed by atoms with E-state index in [1.807, 2.05) is 36.4 Å². The van der Waals surface area contributed by atoms with Gasteiger partial charge in [0.05, 0.1) is 18.6 Å². The van der Waals surface area contributed by atoms with E-state index in [1.54, 1.807) is 0 Å². The number of hydrogen-bond acceptors (Lipinski definition) is 5. The highest BCUT2D eigenvalue weighted by Crippen LogP contribution is 2.18. The van der Waals surface area contributed by atoms with E-state index in [0.29, 0.717) is 24.8 Å². The van der Waals surface area contributed by atoms with E-state index in [0.717, 1.165) is 16.5 Å². The van der Waals surface area contributed by atoms with Crippen LogP contribution in [0.1, 0.15) is 24.0 Å². The smallest absolute Gasteiger partial charge is 0.239 e. The highest BCUT2D eigenvalue weighted by molar-refractivity contribution is 5.89. The first-order valence-corrected chi connectivity index (χ1v) is 9.54. The molecule has 2 aromatic carbocycles. The van der Waals surface area contributed by atoms with Crippen molar-refractivity contribution in [3.63, 3.8) is 0 Å². The van der Waals surface area contributed by atoms with Gasteiger partial charge in [0, 0.05) is 18.5 Å². The molecule has 0 aliphatic rings. The number of fused-ring (bicyclic) bond motifs is 1. The molecule has 1 aromatic heterocycles. The summed E-state index contributed by atoms with van der Waals surface area (Å²) in [5.74, 6) is 0.287. The average molecular weight is 394 g/mol. The standard InChI is InChI=1S/C21H26N6O2/c1-14(16-5-3-2-4-6-16)10-23-12-19(28)25-13-20(29)24-11-15-7-8-17-18(9-15)26-27-21(17)22/h2-9,14,23H,10-13H2,1H3,(H,24,29)(H,25,28)(H3,22,26,27). The molecule has 0 bridgehead atoms. The predicted octanol–water partition coefficient (Wildman–Crippen LogP) is 1.27. The zero-order chi connectivity index (χ0) is 20.6. The number of H-pyrrole nitrogens is 1. The van der Waals surface area contributed by atoms with Crippen LogP contribution in [0.2, 0.25) is 0 Å². The van der Waals surface area contributed by atoms with Crippen molar-refractivity contribution < 1.29 is 9.59 Å². The van der Waals surface area contributed by atoms with Crippen LogP contribution in [0.3, 0.4) is 0 Å². The summed E-state index contributed by atoms with van der Waals surface area (Å²) in [6.07, 6.45) is 0. The summed E-state index contributed by atoms with van der Waals surface area (Å²) in [7, 11) is 0. The van der Waals surface area contributed by atoms with E-state index in [1.165, 1.54) is 5.56 Å². The first kappa shape index (κ1) is 20.3. The molecule has 1 unspecified atom stereocenters. The molecule has 3 rings (SSSR count). The van der Waals surface area contributed by atoms with Crippen LogP contribution in [0.5, 0.6) is 0 Å². The van der Waals surface area contributed by atoms with Crippen LogP contribution in [0, 0.1) is 0 Å². The van der Waals surface area contributed by atoms with Gasteiger partial charge in [0.1, 0.15) is 0 Å². The Hall–Kier alpha value is -3.39. The predicted molar refractivity (Wildman–Crippen MR) is 113 cm³/mol. The van der Waals surface area contributed by atoms with Crippen molar-refractivity contribution in [1.29, 1.82) is 0 Å². The molecule has 0 saturated carbocycles. The third-order valence-corrected chi connectivity index (χ3v) is 4.70. The van der Waals surface area contributed by atoms with Gasteiger partial charge in [-0.2, -0.15) is 5.10 Å². The second-order valence-corrected chi connectivity index (χ2v) is 6.98. The van der Waals surface area contributed by atoms with Crippen LogP contribution in [0.25, 0.3) is 10.9 Å². The molecule has 6 N–H and O–H groups in total. The summed E-state index contributed by atoms with van der Waals surface area (Å²) >= 11 is 0. The fourth-order valence-electron chi connectivity index (χ4n) is 3.00. The highest BCUT2D eigenvalue weighted by atomic mass is 16.2. The van der Waals surface area contributed by atoms with Gasteiger partial charge in [-0.3, -0.25) is 14.7 Å². The summed E-state index contributed by atoms with van der Waals surface area (Å²) in [5, 5.41) is 16.2. The number of nitrogens with two attached hydrogens (primary N) is 1. The van der Waals surface area contributed by atoms with E-state index < -0.39 is 0 Å². The first-order chi connectivity index (χ1) is 14.0. The van der Waals surface area contributed by atoms with Crippen molar-refractivity contribution in [3.05, 3.63) is 59.7 Å². The molecular weight excluding hydrogens is 368 g/mol. The van der Waals surface area contributed by atoms with Gasteiger partial charge in [-0.25, -0.2) is 0 Å². The Morgan fingerprint density at radius 1 is 1.07 bits per heavy atom. The van der Waals surface area contributed by atoms with Gasteiger partial charge < -0.3 is 21.7 Å². The van der Waals surface area contributed by atoms with Crippen molar-refractivity contribution in [2.75, 3.05) is 25.4 Å². The lowest BCUT2D eigenvalue weighted by molar-refractivity contribution is -0.125. The fraction of sp³-hybridized carbons (Fsp3) is 0.286. The molecule has 1 heterocycles. The number of carbonyl (C=O) groups excluding carboxylic acids is 2. The maximum atomic E-state index is 12.0. The second kappa shape index (κ2) is 9.70. The van der Waals surface area contributed by atoms with E-state index in [2.05, 4.69) is 45.2 Å². The molecule has 8 nitrogen and oxygen atoms in total. The lowest BCUT2D eigenvalue weighted by Gasteiger charge is -2.13. The molecule has 29 heavy (non-hydrogen) atoms. The number of carbonyl (C=O) groups is 2. The largest absolute Gasteiger partial charge is 0.382 e. The summed E-state index contributed by atoms with van der Waals surface area (Å²) in [5.41, 5.74) is 8.69. The maximum Gasteiger partial charge on any atom is 0.239 e. The van der Waals surface area contributed by atoms with Crippen LogP contribution in [0.4, 0.5) is 5.82 Å². The lowest BCUT2D eigenvalue weighted by Crippen LogP contribution is -2.41. The Morgan fingerprint density at radius 3 is 2.62 bits per heavy atom. The number of rotatable bonds is 9. The normalized spacial score (nSPS) is 11.9. The lowest BCUT2D eigenvalue weighted by atomic mass is 10.0. The third kappa shape index (κ3) is 5.79. The van der Waals surface area contributed by atoms with Crippen LogP contribution in [-0.4, -0.2) is 41.6 Å². The minimum absolute atomic E-state index is 0.0615. The minimum Gasteiger partial charge on any atom is -0.382 e. The van der Waals surface area contributed by atoms with Crippen molar-refractivity contribution in [1.82, 2.24) is 26.1 Å². The van der Waals surface area contributed by atoms with Gasteiger partial charge in [-0.15, -0.1) is 0 Å².